The average molecular weight is 318 g/mol. The molecule has 0 fully saturated rings. The molecule has 2 aromatic rings. The zero-order valence-corrected chi connectivity index (χ0v) is 13.4. The molecule has 1 aromatic heterocycles. The Balaban J connectivity index is 2.46. The quantitative estimate of drug-likeness (QED) is 0.666. The number of hydrogen-bond acceptors (Lipinski definition) is 7. The molecule has 0 unspecified atom stereocenters. The van der Waals surface area contributed by atoms with Crippen LogP contribution in [0.1, 0.15) is 20.8 Å². The highest BCUT2D eigenvalue weighted by molar-refractivity contribution is 5.63. The lowest BCUT2D eigenvalue weighted by atomic mass is 10.1. The van der Waals surface area contributed by atoms with E-state index in [1.165, 1.54) is 13.4 Å². The highest BCUT2D eigenvalue weighted by Crippen LogP contribution is 2.37. The van der Waals surface area contributed by atoms with Crippen LogP contribution in [0.2, 0.25) is 0 Å². The van der Waals surface area contributed by atoms with E-state index in [0.717, 1.165) is 0 Å². The van der Waals surface area contributed by atoms with E-state index in [1.807, 2.05) is 20.8 Å². The predicted molar refractivity (Wildman–Crippen MR) is 85.1 cm³/mol. The van der Waals surface area contributed by atoms with E-state index in [4.69, 9.17) is 9.47 Å². The Morgan fingerprint density at radius 1 is 1.17 bits per heavy atom. The van der Waals surface area contributed by atoms with Gasteiger partial charge in [0.15, 0.2) is 11.5 Å². The van der Waals surface area contributed by atoms with Gasteiger partial charge in [-0.05, 0) is 32.9 Å². The van der Waals surface area contributed by atoms with Crippen molar-refractivity contribution >= 4 is 11.5 Å². The van der Waals surface area contributed by atoms with Crippen molar-refractivity contribution in [2.45, 2.75) is 26.3 Å². The summed E-state index contributed by atoms with van der Waals surface area (Å²) in [7, 11) is 1.49. The molecule has 0 radical (unpaired) electrons. The second kappa shape index (κ2) is 6.47. The third-order valence-corrected chi connectivity index (χ3v) is 2.74. The predicted octanol–water partition coefficient (Wildman–Crippen LogP) is 3.40. The molecule has 0 spiro atoms. The minimum absolute atomic E-state index is 0.0994. The molecule has 2 rings (SSSR count). The maximum absolute atomic E-state index is 11.4. The van der Waals surface area contributed by atoms with E-state index in [0.29, 0.717) is 11.5 Å². The van der Waals surface area contributed by atoms with E-state index in [2.05, 4.69) is 15.3 Å². The molecule has 1 aromatic carbocycles. The summed E-state index contributed by atoms with van der Waals surface area (Å²) in [4.78, 5) is 18.7. The molecule has 0 bridgehead atoms. The van der Waals surface area contributed by atoms with Gasteiger partial charge in [-0.1, -0.05) is 12.1 Å². The zero-order valence-electron chi connectivity index (χ0n) is 13.4. The van der Waals surface area contributed by atoms with Gasteiger partial charge in [0.2, 0.25) is 5.82 Å². The van der Waals surface area contributed by atoms with Crippen LogP contribution in [0.3, 0.4) is 0 Å². The van der Waals surface area contributed by atoms with E-state index in [-0.39, 0.29) is 17.4 Å². The summed E-state index contributed by atoms with van der Waals surface area (Å²) >= 11 is 0. The van der Waals surface area contributed by atoms with Crippen LogP contribution in [0.15, 0.2) is 30.6 Å². The van der Waals surface area contributed by atoms with Gasteiger partial charge in [0.25, 0.3) is 0 Å². The number of nitro groups is 1. The van der Waals surface area contributed by atoms with Crippen LogP contribution in [-0.2, 0) is 0 Å². The molecule has 0 aliphatic heterocycles. The Morgan fingerprint density at radius 2 is 1.83 bits per heavy atom. The number of aromatic nitrogens is 2. The molecule has 8 heteroatoms. The highest BCUT2D eigenvalue weighted by Gasteiger charge is 2.28. The summed E-state index contributed by atoms with van der Waals surface area (Å²) in [6.45, 7) is 5.62. The Hall–Kier alpha value is -2.90. The number of benzene rings is 1. The number of methoxy groups -OCH3 is 1. The van der Waals surface area contributed by atoms with E-state index in [9.17, 15) is 10.1 Å². The molecule has 8 nitrogen and oxygen atoms in total. The fourth-order valence-electron chi connectivity index (χ4n) is 1.86. The summed E-state index contributed by atoms with van der Waals surface area (Å²) in [5, 5.41) is 14.4. The summed E-state index contributed by atoms with van der Waals surface area (Å²) in [6, 6.07) is 6.84. The zero-order chi connectivity index (χ0) is 17.0. The monoisotopic (exact) mass is 318 g/mol. The number of rotatable bonds is 5. The van der Waals surface area contributed by atoms with Gasteiger partial charge >= 0.3 is 11.6 Å². The molecule has 23 heavy (non-hydrogen) atoms. The molecule has 0 atom stereocenters. The van der Waals surface area contributed by atoms with Gasteiger partial charge in [-0.15, -0.1) is 0 Å². The van der Waals surface area contributed by atoms with Crippen LogP contribution < -0.4 is 14.8 Å². The molecule has 0 saturated heterocycles. The highest BCUT2D eigenvalue weighted by atomic mass is 16.6. The Bertz CT molecular complexity index is 713. The van der Waals surface area contributed by atoms with Crippen molar-refractivity contribution in [1.29, 1.82) is 0 Å². The van der Waals surface area contributed by atoms with Crippen LogP contribution in [-0.4, -0.2) is 27.5 Å². The molecule has 1 heterocycles. The Kier molecular flexibility index (Phi) is 4.63. The molecule has 0 saturated carbocycles. The smallest absolute Gasteiger partial charge is 0.373 e. The van der Waals surface area contributed by atoms with Crippen molar-refractivity contribution in [3.63, 3.8) is 0 Å². The average Bonchev–Trinajstić information content (AvgIpc) is 2.46. The largest absolute Gasteiger partial charge is 0.493 e. The Morgan fingerprint density at radius 3 is 2.39 bits per heavy atom. The van der Waals surface area contributed by atoms with Gasteiger partial charge in [0, 0.05) is 5.54 Å². The van der Waals surface area contributed by atoms with Crippen molar-refractivity contribution in [3.8, 4) is 17.4 Å². The molecular formula is C15H18N4O4. The fourth-order valence-corrected chi connectivity index (χ4v) is 1.86. The van der Waals surface area contributed by atoms with Crippen LogP contribution in [0.4, 0.5) is 11.5 Å². The third-order valence-electron chi connectivity index (χ3n) is 2.74. The number of hydrogen-bond donors (Lipinski definition) is 1. The number of nitrogens with zero attached hydrogens (tertiary/aromatic N) is 3. The number of nitrogens with one attached hydrogen (secondary N) is 1. The first kappa shape index (κ1) is 16.5. The lowest BCUT2D eigenvalue weighted by Gasteiger charge is -2.21. The second-order valence-corrected chi connectivity index (χ2v) is 5.76. The number of para-hydroxylation sites is 2. The van der Waals surface area contributed by atoms with Gasteiger partial charge in [0.05, 0.1) is 12.0 Å². The van der Waals surface area contributed by atoms with Crippen LogP contribution in [0.25, 0.3) is 0 Å². The first-order valence-corrected chi connectivity index (χ1v) is 6.90. The van der Waals surface area contributed by atoms with Crippen molar-refractivity contribution in [1.82, 2.24) is 9.97 Å². The minimum Gasteiger partial charge on any atom is -0.493 e. The standard InChI is InChI=1S/C15H18N4O4/c1-15(2,3)18-13-12(19(20)21)14(17-9-16-13)23-11-8-6-5-7-10(11)22-4/h5-9H,1-4H3,(H,16,17,18). The molecule has 0 aliphatic rings. The molecule has 0 aliphatic carbocycles. The maximum atomic E-state index is 11.4. The van der Waals surface area contributed by atoms with E-state index in [1.54, 1.807) is 24.3 Å². The minimum atomic E-state index is -0.571. The first-order valence-electron chi connectivity index (χ1n) is 6.90. The van der Waals surface area contributed by atoms with Gasteiger partial charge in [0.1, 0.15) is 6.33 Å². The van der Waals surface area contributed by atoms with E-state index >= 15 is 0 Å². The number of anilines is 1. The van der Waals surface area contributed by atoms with Gasteiger partial charge in [-0.25, -0.2) is 4.98 Å². The lowest BCUT2D eigenvalue weighted by Crippen LogP contribution is -2.27. The molecule has 122 valence electrons. The molecule has 0 amide bonds. The normalized spacial score (nSPS) is 11.0. The van der Waals surface area contributed by atoms with Crippen LogP contribution >= 0.6 is 0 Å². The third kappa shape index (κ3) is 4.06. The summed E-state index contributed by atoms with van der Waals surface area (Å²) in [5.41, 5.74) is -0.728. The van der Waals surface area contributed by atoms with Crippen molar-refractivity contribution in [3.05, 3.63) is 40.7 Å². The van der Waals surface area contributed by atoms with Crippen molar-refractivity contribution in [2.75, 3.05) is 12.4 Å². The number of ether oxygens (including phenoxy) is 2. The summed E-state index contributed by atoms with van der Waals surface area (Å²) in [6.07, 6.45) is 1.21. The lowest BCUT2D eigenvalue weighted by molar-refractivity contribution is -0.385. The van der Waals surface area contributed by atoms with Gasteiger partial charge in [-0.3, -0.25) is 10.1 Å². The SMILES string of the molecule is COc1ccccc1Oc1ncnc(NC(C)(C)C)c1[N+](=O)[O-]. The van der Waals surface area contributed by atoms with Gasteiger partial charge < -0.3 is 14.8 Å². The van der Waals surface area contributed by atoms with Crippen LogP contribution in [0, 0.1) is 10.1 Å². The summed E-state index contributed by atoms with van der Waals surface area (Å²) < 4.78 is 10.8. The topological polar surface area (TPSA) is 99.4 Å². The first-order chi connectivity index (χ1) is 10.8. The molecule has 1 N–H and O–H groups in total. The van der Waals surface area contributed by atoms with E-state index < -0.39 is 10.5 Å². The van der Waals surface area contributed by atoms with Crippen molar-refractivity contribution < 1.29 is 14.4 Å². The summed E-state index contributed by atoms with van der Waals surface area (Å²) in [5.74, 6) is 0.730. The van der Waals surface area contributed by atoms with Crippen molar-refractivity contribution in [2.24, 2.45) is 0 Å². The van der Waals surface area contributed by atoms with Gasteiger partial charge in [-0.2, -0.15) is 4.98 Å². The Labute approximate surface area is 133 Å². The van der Waals surface area contributed by atoms with Crippen LogP contribution in [0.5, 0.6) is 17.4 Å². The fraction of sp³-hybridized carbons (Fsp3) is 0.333. The second-order valence-electron chi connectivity index (χ2n) is 5.76. The maximum Gasteiger partial charge on any atom is 0.373 e. The molecular weight excluding hydrogens is 300 g/mol.